The Hall–Kier alpha value is -2.19. The normalized spacial score (nSPS) is 21.1. The van der Waals surface area contributed by atoms with Gasteiger partial charge in [-0.15, -0.1) is 10.2 Å². The average molecular weight is 357 g/mol. The molecule has 0 aliphatic carbocycles. The zero-order chi connectivity index (χ0) is 17.4. The molecule has 1 fully saturated rings. The topological polar surface area (TPSA) is 84.0 Å². The number of hydrogen-bond acceptors (Lipinski definition) is 6. The number of carbonyl (C=O) groups is 1. The average Bonchev–Trinajstić information content (AvgIpc) is 2.96. The van der Waals surface area contributed by atoms with Crippen LogP contribution in [0.5, 0.6) is 0 Å². The largest absolute Gasteiger partial charge is 0.372 e. The Labute approximate surface area is 149 Å². The number of fused-ring (bicyclic) bond motifs is 3. The van der Waals surface area contributed by atoms with Crippen LogP contribution in [0.1, 0.15) is 13.8 Å². The van der Waals surface area contributed by atoms with E-state index in [9.17, 15) is 4.79 Å². The van der Waals surface area contributed by atoms with Crippen molar-refractivity contribution in [1.82, 2.24) is 25.1 Å². The maximum absolute atomic E-state index is 12.4. The highest BCUT2D eigenvalue weighted by molar-refractivity contribution is 7.99. The minimum absolute atomic E-state index is 0.0679. The summed E-state index contributed by atoms with van der Waals surface area (Å²) in [4.78, 5) is 22.0. The van der Waals surface area contributed by atoms with Gasteiger partial charge in [0, 0.05) is 24.0 Å². The molecule has 0 saturated carbocycles. The van der Waals surface area contributed by atoms with E-state index in [1.165, 1.54) is 11.8 Å². The van der Waals surface area contributed by atoms with Crippen LogP contribution < -0.4 is 0 Å². The lowest BCUT2D eigenvalue weighted by Crippen LogP contribution is -2.48. The summed E-state index contributed by atoms with van der Waals surface area (Å²) in [5, 5.41) is 9.94. The van der Waals surface area contributed by atoms with Gasteiger partial charge in [-0.2, -0.15) is 0 Å². The summed E-state index contributed by atoms with van der Waals surface area (Å²) in [5.41, 5.74) is 2.43. The van der Waals surface area contributed by atoms with Crippen molar-refractivity contribution in [2.75, 3.05) is 18.8 Å². The number of hydrogen-bond donors (Lipinski definition) is 1. The van der Waals surface area contributed by atoms with Gasteiger partial charge in [0.05, 0.1) is 18.0 Å². The lowest BCUT2D eigenvalue weighted by atomic mass is 10.2. The molecule has 1 amide bonds. The van der Waals surface area contributed by atoms with E-state index in [-0.39, 0.29) is 18.1 Å². The number of aromatic amines is 1. The summed E-state index contributed by atoms with van der Waals surface area (Å²) in [5.74, 6) is 0.375. The van der Waals surface area contributed by atoms with Gasteiger partial charge in [-0.05, 0) is 19.9 Å². The second kappa shape index (κ2) is 6.61. The molecule has 4 rings (SSSR count). The predicted molar refractivity (Wildman–Crippen MR) is 96.5 cm³/mol. The molecule has 3 heterocycles. The fourth-order valence-electron chi connectivity index (χ4n) is 3.17. The van der Waals surface area contributed by atoms with Crippen LogP contribution in [-0.4, -0.2) is 62.0 Å². The third kappa shape index (κ3) is 3.32. The molecule has 1 N–H and O–H groups in total. The maximum Gasteiger partial charge on any atom is 0.233 e. The lowest BCUT2D eigenvalue weighted by Gasteiger charge is -2.35. The molecule has 130 valence electrons. The minimum atomic E-state index is 0.0679. The number of aromatic nitrogens is 4. The van der Waals surface area contributed by atoms with Gasteiger partial charge in [0.25, 0.3) is 0 Å². The molecule has 0 radical (unpaired) electrons. The number of rotatable bonds is 3. The summed E-state index contributed by atoms with van der Waals surface area (Å²) in [6, 6.07) is 7.89. The predicted octanol–water partition coefficient (Wildman–Crippen LogP) is 2.23. The number of benzene rings is 1. The van der Waals surface area contributed by atoms with Gasteiger partial charge in [-0.1, -0.05) is 30.0 Å². The summed E-state index contributed by atoms with van der Waals surface area (Å²) >= 11 is 1.31. The van der Waals surface area contributed by atoms with E-state index in [2.05, 4.69) is 20.2 Å². The van der Waals surface area contributed by atoms with Crippen LogP contribution in [0.15, 0.2) is 29.4 Å². The van der Waals surface area contributed by atoms with Crippen LogP contribution in [-0.2, 0) is 9.53 Å². The van der Waals surface area contributed by atoms with E-state index in [4.69, 9.17) is 4.74 Å². The number of para-hydroxylation sites is 1. The van der Waals surface area contributed by atoms with Gasteiger partial charge in [0.15, 0.2) is 5.65 Å². The van der Waals surface area contributed by atoms with E-state index < -0.39 is 0 Å². The monoisotopic (exact) mass is 357 g/mol. The first kappa shape index (κ1) is 16.3. The molecule has 3 aromatic rings. The maximum atomic E-state index is 12.4. The number of thioether (sulfide) groups is 1. The molecule has 2 aromatic heterocycles. The highest BCUT2D eigenvalue weighted by Crippen LogP contribution is 2.23. The molecule has 8 heteroatoms. The zero-order valence-electron chi connectivity index (χ0n) is 14.1. The van der Waals surface area contributed by atoms with E-state index >= 15 is 0 Å². The molecule has 25 heavy (non-hydrogen) atoms. The molecule has 2 atom stereocenters. The summed E-state index contributed by atoms with van der Waals surface area (Å²) in [6.45, 7) is 5.23. The van der Waals surface area contributed by atoms with Gasteiger partial charge in [0.2, 0.25) is 11.1 Å². The van der Waals surface area contributed by atoms with Crippen LogP contribution in [0.2, 0.25) is 0 Å². The van der Waals surface area contributed by atoms with Crippen LogP contribution in [0, 0.1) is 0 Å². The highest BCUT2D eigenvalue weighted by Gasteiger charge is 2.26. The van der Waals surface area contributed by atoms with Gasteiger partial charge in [0.1, 0.15) is 5.52 Å². The SMILES string of the molecule is CC1CN(C(=O)CSc2nnc3c(n2)[nH]c2ccccc23)CC(C)O1. The number of nitrogens with zero attached hydrogens (tertiary/aromatic N) is 4. The van der Waals surface area contributed by atoms with Gasteiger partial charge < -0.3 is 14.6 Å². The molecule has 7 nitrogen and oxygen atoms in total. The van der Waals surface area contributed by atoms with Crippen molar-refractivity contribution in [1.29, 1.82) is 0 Å². The van der Waals surface area contributed by atoms with Crippen molar-refractivity contribution in [2.24, 2.45) is 0 Å². The fraction of sp³-hybridized carbons (Fsp3) is 0.412. The molecule has 2 unspecified atom stereocenters. The Bertz CT molecular complexity index is 918. The standard InChI is InChI=1S/C17H19N5O2S/c1-10-7-22(8-11(2)24-10)14(23)9-25-17-19-16-15(20-21-17)12-5-3-4-6-13(12)18-16/h3-6,10-11H,7-9H2,1-2H3,(H,18,19,21). The molecule has 1 aliphatic rings. The summed E-state index contributed by atoms with van der Waals surface area (Å²) < 4.78 is 5.67. The van der Waals surface area contributed by atoms with E-state index in [1.54, 1.807) is 0 Å². The van der Waals surface area contributed by atoms with Crippen molar-refractivity contribution in [2.45, 2.75) is 31.2 Å². The first-order valence-electron chi connectivity index (χ1n) is 8.27. The molecular weight excluding hydrogens is 338 g/mol. The molecule has 1 aromatic carbocycles. The summed E-state index contributed by atoms with van der Waals surface area (Å²) in [7, 11) is 0. The van der Waals surface area contributed by atoms with Crippen LogP contribution in [0.4, 0.5) is 0 Å². The number of carbonyl (C=O) groups excluding carboxylic acids is 1. The third-order valence-corrected chi connectivity index (χ3v) is 5.02. The minimum Gasteiger partial charge on any atom is -0.372 e. The molecule has 1 aliphatic heterocycles. The van der Waals surface area contributed by atoms with E-state index in [0.29, 0.717) is 29.6 Å². The van der Waals surface area contributed by atoms with Crippen LogP contribution in [0.25, 0.3) is 22.1 Å². The van der Waals surface area contributed by atoms with E-state index in [0.717, 1.165) is 16.4 Å². The molecule has 1 saturated heterocycles. The van der Waals surface area contributed by atoms with Gasteiger partial charge in [-0.3, -0.25) is 4.79 Å². The summed E-state index contributed by atoms with van der Waals surface area (Å²) in [6.07, 6.45) is 0.136. The third-order valence-electron chi connectivity index (χ3n) is 4.20. The van der Waals surface area contributed by atoms with Crippen molar-refractivity contribution < 1.29 is 9.53 Å². The lowest BCUT2D eigenvalue weighted by molar-refractivity contribution is -0.140. The smallest absolute Gasteiger partial charge is 0.233 e. The van der Waals surface area contributed by atoms with Crippen LogP contribution >= 0.6 is 11.8 Å². The second-order valence-corrected chi connectivity index (χ2v) is 7.25. The Balaban J connectivity index is 1.47. The number of amides is 1. The Morgan fingerprint density at radius 2 is 2.04 bits per heavy atom. The molecule has 0 spiro atoms. The van der Waals surface area contributed by atoms with Crippen molar-refractivity contribution in [3.8, 4) is 0 Å². The van der Waals surface area contributed by atoms with Crippen LogP contribution in [0.3, 0.4) is 0 Å². The number of ether oxygens (including phenoxy) is 1. The Morgan fingerprint density at radius 3 is 2.84 bits per heavy atom. The number of nitrogens with one attached hydrogen (secondary N) is 1. The first-order chi connectivity index (χ1) is 12.1. The Kier molecular flexibility index (Phi) is 4.30. The quantitative estimate of drug-likeness (QED) is 0.724. The zero-order valence-corrected chi connectivity index (χ0v) is 14.9. The van der Waals surface area contributed by atoms with Gasteiger partial charge >= 0.3 is 0 Å². The fourth-order valence-corrected chi connectivity index (χ4v) is 3.86. The van der Waals surface area contributed by atoms with Crippen molar-refractivity contribution in [3.63, 3.8) is 0 Å². The first-order valence-corrected chi connectivity index (χ1v) is 9.26. The number of H-pyrrole nitrogens is 1. The molecular formula is C17H19N5O2S. The van der Waals surface area contributed by atoms with Gasteiger partial charge in [-0.25, -0.2) is 4.98 Å². The molecule has 0 bridgehead atoms. The van der Waals surface area contributed by atoms with E-state index in [1.807, 2.05) is 43.0 Å². The van der Waals surface area contributed by atoms with Crippen molar-refractivity contribution in [3.05, 3.63) is 24.3 Å². The second-order valence-electron chi connectivity index (χ2n) is 6.31. The number of morpholine rings is 1. The highest BCUT2D eigenvalue weighted by atomic mass is 32.2. The van der Waals surface area contributed by atoms with Crippen molar-refractivity contribution >= 4 is 39.7 Å². The Morgan fingerprint density at radius 1 is 1.28 bits per heavy atom.